The molecule has 6 nitrogen and oxygen atoms in total. The lowest BCUT2D eigenvalue weighted by Crippen LogP contribution is -2.54. The van der Waals surface area contributed by atoms with E-state index in [0.29, 0.717) is 63.6 Å². The first-order chi connectivity index (χ1) is 16.5. The molecule has 0 bridgehead atoms. The van der Waals surface area contributed by atoms with Gasteiger partial charge in [0.2, 0.25) is 0 Å². The van der Waals surface area contributed by atoms with Crippen molar-refractivity contribution in [1.82, 2.24) is 9.80 Å². The third kappa shape index (κ3) is 5.00. The molecule has 0 aromatic heterocycles. The molecular weight excluding hydrogens is 440 g/mol. The summed E-state index contributed by atoms with van der Waals surface area (Å²) >= 11 is 0. The number of piperazine rings is 1. The number of halogens is 2. The number of nitrogens with zero attached hydrogens (tertiary/aromatic N) is 3. The lowest BCUT2D eigenvalue weighted by molar-refractivity contribution is -0.140. The van der Waals surface area contributed by atoms with Gasteiger partial charge in [-0.2, -0.15) is 0 Å². The van der Waals surface area contributed by atoms with Crippen molar-refractivity contribution in [2.45, 2.75) is 31.6 Å². The number of esters is 1. The molecule has 0 N–H and O–H groups in total. The fourth-order valence-corrected chi connectivity index (χ4v) is 4.81. The van der Waals surface area contributed by atoms with Gasteiger partial charge in [-0.25, -0.2) is 13.6 Å². The average molecular weight is 470 g/mol. The highest BCUT2D eigenvalue weighted by molar-refractivity contribution is 5.77. The van der Waals surface area contributed by atoms with E-state index in [1.54, 1.807) is 29.2 Å². The van der Waals surface area contributed by atoms with Crippen LogP contribution in [0.1, 0.15) is 37.2 Å². The number of likely N-dealkylation sites (tertiary alicyclic amines) is 1. The van der Waals surface area contributed by atoms with E-state index in [9.17, 15) is 18.4 Å². The Hall–Kier alpha value is -3.16. The molecule has 8 heteroatoms. The smallest absolute Gasteiger partial charge is 0.320 e. The zero-order valence-corrected chi connectivity index (χ0v) is 19.1. The number of urea groups is 1. The second kappa shape index (κ2) is 9.60. The molecule has 2 heterocycles. The van der Waals surface area contributed by atoms with Crippen LogP contribution in [0, 0.1) is 17.6 Å². The van der Waals surface area contributed by atoms with Gasteiger partial charge in [0.15, 0.2) is 0 Å². The van der Waals surface area contributed by atoms with Crippen molar-refractivity contribution in [3.63, 3.8) is 0 Å². The van der Waals surface area contributed by atoms with Crippen molar-refractivity contribution < 1.29 is 23.1 Å². The molecule has 1 saturated carbocycles. The standard InChI is InChI=1S/C26H29F2N3O3/c27-20-3-5-21(6-4-20)29-13-15-31(16-14-29)26(33)30-11-9-19(10-12-30)25(32)34-22-7-8-23(18-1-2-18)24(28)17-22/h3-8,17-19H,1-2,9-16H2. The monoisotopic (exact) mass is 469 g/mol. The van der Waals surface area contributed by atoms with Crippen LogP contribution in [0.2, 0.25) is 0 Å². The minimum atomic E-state index is -0.362. The normalized spacial score (nSPS) is 19.3. The maximum atomic E-state index is 14.2. The van der Waals surface area contributed by atoms with Crippen molar-refractivity contribution in [1.29, 1.82) is 0 Å². The van der Waals surface area contributed by atoms with Crippen molar-refractivity contribution >= 4 is 17.7 Å². The number of hydrogen-bond acceptors (Lipinski definition) is 4. The highest BCUT2D eigenvalue weighted by atomic mass is 19.1. The van der Waals surface area contributed by atoms with Gasteiger partial charge in [-0.05, 0) is 67.5 Å². The molecule has 0 radical (unpaired) electrons. The van der Waals surface area contributed by atoms with Gasteiger partial charge < -0.3 is 19.4 Å². The molecule has 2 aromatic carbocycles. The number of ether oxygens (including phenoxy) is 1. The SMILES string of the molecule is O=C(Oc1ccc(C2CC2)c(F)c1)C1CCN(C(=O)N2CCN(c3ccc(F)cc3)CC2)CC1. The first-order valence-corrected chi connectivity index (χ1v) is 12.0. The molecular formula is C26H29F2N3O3. The Bertz CT molecular complexity index is 1040. The maximum Gasteiger partial charge on any atom is 0.320 e. The zero-order valence-electron chi connectivity index (χ0n) is 19.1. The minimum absolute atomic E-state index is 0.0108. The number of piperidine rings is 1. The Morgan fingerprint density at radius 3 is 2.06 bits per heavy atom. The summed E-state index contributed by atoms with van der Waals surface area (Å²) in [4.78, 5) is 31.3. The molecule has 5 rings (SSSR count). The minimum Gasteiger partial charge on any atom is -0.426 e. The number of anilines is 1. The molecule has 0 spiro atoms. The molecule has 2 saturated heterocycles. The number of amides is 2. The average Bonchev–Trinajstić information content (AvgIpc) is 3.70. The van der Waals surface area contributed by atoms with E-state index in [4.69, 9.17) is 4.74 Å². The van der Waals surface area contributed by atoms with Crippen LogP contribution >= 0.6 is 0 Å². The Kier molecular flexibility index (Phi) is 6.39. The third-order valence-corrected chi connectivity index (χ3v) is 7.05. The van der Waals surface area contributed by atoms with Crippen molar-refractivity contribution in [2.75, 3.05) is 44.2 Å². The lowest BCUT2D eigenvalue weighted by Gasteiger charge is -2.40. The van der Waals surface area contributed by atoms with Crippen LogP contribution in [0.3, 0.4) is 0 Å². The van der Waals surface area contributed by atoms with E-state index in [1.165, 1.54) is 18.2 Å². The van der Waals surface area contributed by atoms with E-state index in [2.05, 4.69) is 4.90 Å². The van der Waals surface area contributed by atoms with Crippen LogP contribution in [-0.2, 0) is 4.79 Å². The number of rotatable bonds is 4. The molecule has 3 aliphatic rings. The summed E-state index contributed by atoms with van der Waals surface area (Å²) in [6.45, 7) is 3.56. The second-order valence-electron chi connectivity index (χ2n) is 9.37. The summed E-state index contributed by atoms with van der Waals surface area (Å²) in [5, 5.41) is 0. The van der Waals surface area contributed by atoms with Crippen molar-refractivity contribution in [3.05, 3.63) is 59.7 Å². The predicted octanol–water partition coefficient (Wildman–Crippen LogP) is 4.40. The van der Waals surface area contributed by atoms with Crippen molar-refractivity contribution in [2.24, 2.45) is 5.92 Å². The van der Waals surface area contributed by atoms with Crippen LogP contribution in [0.25, 0.3) is 0 Å². The Labute approximate surface area is 198 Å². The number of carbonyl (C=O) groups excluding carboxylic acids is 2. The van der Waals surface area contributed by atoms with Gasteiger partial charge in [0.1, 0.15) is 17.4 Å². The Morgan fingerprint density at radius 1 is 0.794 bits per heavy atom. The predicted molar refractivity (Wildman–Crippen MR) is 124 cm³/mol. The Morgan fingerprint density at radius 2 is 1.44 bits per heavy atom. The lowest BCUT2D eigenvalue weighted by atomic mass is 9.97. The number of hydrogen-bond donors (Lipinski definition) is 0. The van der Waals surface area contributed by atoms with E-state index in [1.807, 2.05) is 4.90 Å². The first kappa shape index (κ1) is 22.6. The first-order valence-electron chi connectivity index (χ1n) is 12.0. The highest BCUT2D eigenvalue weighted by Crippen LogP contribution is 2.42. The largest absolute Gasteiger partial charge is 0.426 e. The number of carbonyl (C=O) groups is 2. The van der Waals surface area contributed by atoms with E-state index in [0.717, 1.165) is 18.5 Å². The van der Waals surface area contributed by atoms with Gasteiger partial charge in [-0.1, -0.05) is 6.07 Å². The van der Waals surface area contributed by atoms with Crippen LogP contribution in [-0.4, -0.2) is 61.1 Å². The quantitative estimate of drug-likeness (QED) is 0.492. The van der Waals surface area contributed by atoms with Crippen LogP contribution in [0.5, 0.6) is 5.75 Å². The molecule has 2 aromatic rings. The van der Waals surface area contributed by atoms with Gasteiger partial charge in [-0.15, -0.1) is 0 Å². The van der Waals surface area contributed by atoms with Gasteiger partial charge in [-0.3, -0.25) is 4.79 Å². The van der Waals surface area contributed by atoms with Crippen LogP contribution in [0.15, 0.2) is 42.5 Å². The molecule has 2 aliphatic heterocycles. The zero-order chi connectivity index (χ0) is 23.7. The molecule has 3 fully saturated rings. The molecule has 0 unspecified atom stereocenters. The summed E-state index contributed by atoms with van der Waals surface area (Å²) in [6.07, 6.45) is 3.08. The van der Waals surface area contributed by atoms with Crippen molar-refractivity contribution in [3.8, 4) is 5.75 Å². The molecule has 1 aliphatic carbocycles. The van der Waals surface area contributed by atoms with Gasteiger partial charge in [0, 0.05) is 51.0 Å². The third-order valence-electron chi connectivity index (χ3n) is 7.05. The van der Waals surface area contributed by atoms with E-state index >= 15 is 0 Å². The summed E-state index contributed by atoms with van der Waals surface area (Å²) in [5.74, 6) is -0.692. The van der Waals surface area contributed by atoms with E-state index in [-0.39, 0.29) is 35.3 Å². The van der Waals surface area contributed by atoms with Crippen LogP contribution in [0.4, 0.5) is 19.3 Å². The Balaban J connectivity index is 1.08. The van der Waals surface area contributed by atoms with Gasteiger partial charge in [0.25, 0.3) is 0 Å². The summed E-state index contributed by atoms with van der Waals surface area (Å²) < 4.78 is 32.8. The highest BCUT2D eigenvalue weighted by Gasteiger charge is 2.32. The van der Waals surface area contributed by atoms with Gasteiger partial charge >= 0.3 is 12.0 Å². The summed E-state index contributed by atoms with van der Waals surface area (Å²) in [6, 6.07) is 11.1. The summed E-state index contributed by atoms with van der Waals surface area (Å²) in [5.41, 5.74) is 1.65. The number of benzene rings is 2. The second-order valence-corrected chi connectivity index (χ2v) is 9.37. The van der Waals surface area contributed by atoms with Crippen LogP contribution < -0.4 is 9.64 Å². The maximum absolute atomic E-state index is 14.2. The molecule has 2 amide bonds. The van der Waals surface area contributed by atoms with Gasteiger partial charge in [0.05, 0.1) is 5.92 Å². The molecule has 0 atom stereocenters. The fraction of sp³-hybridized carbons (Fsp3) is 0.462. The summed E-state index contributed by atoms with van der Waals surface area (Å²) in [7, 11) is 0. The van der Waals surface area contributed by atoms with E-state index < -0.39 is 0 Å². The topological polar surface area (TPSA) is 53.1 Å². The fourth-order valence-electron chi connectivity index (χ4n) is 4.81. The molecule has 34 heavy (non-hydrogen) atoms. The molecule has 180 valence electrons.